The summed E-state index contributed by atoms with van der Waals surface area (Å²) in [5, 5.41) is 3.92. The highest BCUT2D eigenvalue weighted by atomic mass is 32.2. The van der Waals surface area contributed by atoms with Crippen molar-refractivity contribution in [3.8, 4) is 0 Å². The Balaban J connectivity index is 1.90. The summed E-state index contributed by atoms with van der Waals surface area (Å²) in [6.07, 6.45) is 2.89. The Morgan fingerprint density at radius 2 is 1.91 bits per heavy atom. The number of nitrogens with zero attached hydrogens (tertiary/aromatic N) is 2. The summed E-state index contributed by atoms with van der Waals surface area (Å²) in [6.45, 7) is 2.64. The van der Waals surface area contributed by atoms with Gasteiger partial charge in [-0.15, -0.1) is 0 Å². The van der Waals surface area contributed by atoms with Crippen LogP contribution in [-0.2, 0) is 23.0 Å². The molecule has 1 heterocycles. The molecule has 0 aliphatic carbocycles. The monoisotopic (exact) mass is 321 g/mol. The van der Waals surface area contributed by atoms with Gasteiger partial charge in [-0.2, -0.15) is 5.10 Å². The first kappa shape index (κ1) is 16.4. The molecular weight excluding hydrogens is 302 g/mol. The molecule has 1 aromatic carbocycles. The summed E-state index contributed by atoms with van der Waals surface area (Å²) in [5.74, 6) is 0. The van der Waals surface area contributed by atoms with E-state index >= 15 is 0 Å². The van der Waals surface area contributed by atoms with Gasteiger partial charge in [0, 0.05) is 25.4 Å². The van der Waals surface area contributed by atoms with E-state index in [4.69, 9.17) is 0 Å². The Morgan fingerprint density at radius 3 is 2.55 bits per heavy atom. The molecule has 1 aromatic heterocycles. The minimum Gasteiger partial charge on any atom is -0.268 e. The van der Waals surface area contributed by atoms with Gasteiger partial charge in [-0.25, -0.2) is 17.8 Å². The van der Waals surface area contributed by atoms with E-state index < -0.39 is 10.0 Å². The molecule has 0 spiro atoms. The number of hydrogen-bond acceptors (Lipinski definition) is 4. The van der Waals surface area contributed by atoms with Crippen LogP contribution in [-0.4, -0.2) is 24.7 Å². The summed E-state index contributed by atoms with van der Waals surface area (Å²) >= 11 is 0. The van der Waals surface area contributed by atoms with Gasteiger partial charge in [0.25, 0.3) is 5.56 Å². The molecule has 0 saturated carbocycles. The Kier molecular flexibility index (Phi) is 5.46. The maximum absolute atomic E-state index is 12.1. The van der Waals surface area contributed by atoms with E-state index in [9.17, 15) is 13.2 Å². The lowest BCUT2D eigenvalue weighted by atomic mass is 10.2. The maximum Gasteiger partial charge on any atom is 0.266 e. The Hall–Kier alpha value is -1.99. The summed E-state index contributed by atoms with van der Waals surface area (Å²) in [7, 11) is -3.51. The molecule has 0 bridgehead atoms. The summed E-state index contributed by atoms with van der Waals surface area (Å²) in [4.78, 5) is 11.7. The van der Waals surface area contributed by atoms with Crippen molar-refractivity contribution in [3.63, 3.8) is 0 Å². The molecular formula is C15H19N3O3S. The number of hydrogen-bond donors (Lipinski definition) is 1. The van der Waals surface area contributed by atoms with Crippen molar-refractivity contribution < 1.29 is 8.42 Å². The van der Waals surface area contributed by atoms with Gasteiger partial charge in [-0.3, -0.25) is 4.79 Å². The molecule has 6 nitrogen and oxygen atoms in total. The van der Waals surface area contributed by atoms with Gasteiger partial charge in [-0.05, 0) is 36.6 Å². The fraction of sp³-hybridized carbons (Fsp3) is 0.333. The zero-order valence-electron chi connectivity index (χ0n) is 12.4. The Labute approximate surface area is 129 Å². The summed E-state index contributed by atoms with van der Waals surface area (Å²) in [6, 6.07) is 9.81. The van der Waals surface area contributed by atoms with Crippen LogP contribution in [0, 0.1) is 0 Å². The first-order chi connectivity index (χ1) is 10.5. The highest BCUT2D eigenvalue weighted by molar-refractivity contribution is 7.89. The van der Waals surface area contributed by atoms with Gasteiger partial charge in [0.1, 0.15) is 0 Å². The van der Waals surface area contributed by atoms with Crippen molar-refractivity contribution >= 4 is 10.0 Å². The van der Waals surface area contributed by atoms with E-state index in [1.54, 1.807) is 18.2 Å². The lowest BCUT2D eigenvalue weighted by Crippen LogP contribution is -2.27. The van der Waals surface area contributed by atoms with E-state index in [-0.39, 0.29) is 17.0 Å². The molecule has 0 amide bonds. The first-order valence-corrected chi connectivity index (χ1v) is 8.62. The maximum atomic E-state index is 12.1. The van der Waals surface area contributed by atoms with Crippen molar-refractivity contribution in [1.29, 1.82) is 0 Å². The minimum atomic E-state index is -3.51. The highest BCUT2D eigenvalue weighted by Gasteiger charge is 2.12. The predicted octanol–water partition coefficient (Wildman–Crippen LogP) is 1.17. The van der Waals surface area contributed by atoms with Crippen molar-refractivity contribution in [2.24, 2.45) is 0 Å². The molecule has 0 aliphatic rings. The van der Waals surface area contributed by atoms with Crippen LogP contribution in [0.15, 0.2) is 52.3 Å². The lowest BCUT2D eigenvalue weighted by Gasteiger charge is -2.08. The van der Waals surface area contributed by atoms with Crippen LogP contribution in [0.1, 0.15) is 18.9 Å². The number of sulfonamides is 1. The number of rotatable bonds is 7. The van der Waals surface area contributed by atoms with E-state index in [2.05, 4.69) is 9.82 Å². The third-order valence-electron chi connectivity index (χ3n) is 3.27. The molecule has 0 aliphatic heterocycles. The average molecular weight is 321 g/mol. The van der Waals surface area contributed by atoms with Crippen LogP contribution in [0.5, 0.6) is 0 Å². The van der Waals surface area contributed by atoms with Gasteiger partial charge >= 0.3 is 0 Å². The SMILES string of the molecule is CCc1ccc(S(=O)(=O)NCCCn2ncccc2=O)cc1. The Bertz CT molecular complexity index is 767. The van der Waals surface area contributed by atoms with Crippen LogP contribution < -0.4 is 10.3 Å². The van der Waals surface area contributed by atoms with Gasteiger partial charge in [0.05, 0.1) is 4.90 Å². The summed E-state index contributed by atoms with van der Waals surface area (Å²) in [5.41, 5.74) is 0.897. The number of benzene rings is 1. The third-order valence-corrected chi connectivity index (χ3v) is 4.74. The average Bonchev–Trinajstić information content (AvgIpc) is 2.53. The molecule has 0 unspecified atom stereocenters. The van der Waals surface area contributed by atoms with Crippen molar-refractivity contribution in [3.05, 3.63) is 58.5 Å². The highest BCUT2D eigenvalue weighted by Crippen LogP contribution is 2.10. The number of nitrogens with one attached hydrogen (secondary N) is 1. The first-order valence-electron chi connectivity index (χ1n) is 7.13. The molecule has 0 fully saturated rings. The predicted molar refractivity (Wildman–Crippen MR) is 84.1 cm³/mol. The van der Waals surface area contributed by atoms with Crippen molar-refractivity contribution in [2.75, 3.05) is 6.54 Å². The van der Waals surface area contributed by atoms with E-state index in [0.29, 0.717) is 13.0 Å². The second kappa shape index (κ2) is 7.33. The Morgan fingerprint density at radius 1 is 1.18 bits per heavy atom. The fourth-order valence-corrected chi connectivity index (χ4v) is 3.05. The van der Waals surface area contributed by atoms with Crippen molar-refractivity contribution in [2.45, 2.75) is 31.2 Å². The quantitative estimate of drug-likeness (QED) is 0.776. The largest absolute Gasteiger partial charge is 0.268 e. The van der Waals surface area contributed by atoms with Gasteiger partial charge < -0.3 is 0 Å². The lowest BCUT2D eigenvalue weighted by molar-refractivity contribution is 0.535. The minimum absolute atomic E-state index is 0.194. The molecule has 0 atom stereocenters. The normalized spacial score (nSPS) is 11.5. The van der Waals surface area contributed by atoms with Crippen LogP contribution >= 0.6 is 0 Å². The van der Waals surface area contributed by atoms with Crippen LogP contribution in [0.3, 0.4) is 0 Å². The van der Waals surface area contributed by atoms with Crippen LogP contribution in [0.2, 0.25) is 0 Å². The zero-order chi connectivity index (χ0) is 16.0. The van der Waals surface area contributed by atoms with Crippen LogP contribution in [0.4, 0.5) is 0 Å². The van der Waals surface area contributed by atoms with E-state index in [1.807, 2.05) is 19.1 Å². The van der Waals surface area contributed by atoms with Gasteiger partial charge in [-0.1, -0.05) is 19.1 Å². The van der Waals surface area contributed by atoms with Gasteiger partial charge in [0.15, 0.2) is 0 Å². The standard InChI is InChI=1S/C15H19N3O3S/c1-2-13-6-8-14(9-7-13)22(20,21)17-11-4-12-18-15(19)5-3-10-16-18/h3,5-10,17H,2,4,11-12H2,1H3. The number of aryl methyl sites for hydroxylation is 2. The third kappa shape index (κ3) is 4.25. The second-order valence-corrected chi connectivity index (χ2v) is 6.60. The molecule has 0 radical (unpaired) electrons. The van der Waals surface area contributed by atoms with Gasteiger partial charge in [0.2, 0.25) is 10.0 Å². The second-order valence-electron chi connectivity index (χ2n) is 4.83. The number of aromatic nitrogens is 2. The zero-order valence-corrected chi connectivity index (χ0v) is 13.2. The molecule has 7 heteroatoms. The molecule has 1 N–H and O–H groups in total. The molecule has 2 rings (SSSR count). The topological polar surface area (TPSA) is 81.1 Å². The van der Waals surface area contributed by atoms with E-state index in [1.165, 1.54) is 16.9 Å². The summed E-state index contributed by atoms with van der Waals surface area (Å²) < 4.78 is 28.1. The molecule has 118 valence electrons. The molecule has 0 saturated heterocycles. The molecule has 22 heavy (non-hydrogen) atoms. The van der Waals surface area contributed by atoms with Crippen molar-refractivity contribution in [1.82, 2.24) is 14.5 Å². The van der Waals surface area contributed by atoms with E-state index in [0.717, 1.165) is 12.0 Å². The fourth-order valence-electron chi connectivity index (χ4n) is 1.98. The smallest absolute Gasteiger partial charge is 0.266 e. The molecule has 2 aromatic rings. The van der Waals surface area contributed by atoms with Crippen LogP contribution in [0.25, 0.3) is 0 Å².